The molecule has 0 bridgehead atoms. The summed E-state index contributed by atoms with van der Waals surface area (Å²) in [5.41, 5.74) is 5.36. The van der Waals surface area contributed by atoms with Crippen LogP contribution in [0.2, 0.25) is 0 Å². The number of hydrogen-bond donors (Lipinski definition) is 2. The van der Waals surface area contributed by atoms with Crippen molar-refractivity contribution in [3.8, 4) is 0 Å². The van der Waals surface area contributed by atoms with Gasteiger partial charge in [-0.15, -0.1) is 11.3 Å². The summed E-state index contributed by atoms with van der Waals surface area (Å²) < 4.78 is 4.49. The molecule has 15 heavy (non-hydrogen) atoms. The average molecular weight is 229 g/mol. The third-order valence-corrected chi connectivity index (χ3v) is 2.42. The Morgan fingerprint density at radius 3 is 3.00 bits per heavy atom. The maximum atomic E-state index is 11.0. The topological polar surface area (TPSA) is 94.3 Å². The first-order valence-corrected chi connectivity index (χ1v) is 5.04. The van der Waals surface area contributed by atoms with Crippen LogP contribution < -0.4 is 11.1 Å². The van der Waals surface area contributed by atoms with Gasteiger partial charge < -0.3 is 15.8 Å². The van der Waals surface area contributed by atoms with Gasteiger partial charge in [0.1, 0.15) is 5.01 Å². The van der Waals surface area contributed by atoms with Gasteiger partial charge in [-0.3, -0.25) is 4.79 Å². The van der Waals surface area contributed by atoms with Crippen LogP contribution in [0, 0.1) is 0 Å². The van der Waals surface area contributed by atoms with Crippen molar-refractivity contribution in [2.45, 2.75) is 6.54 Å². The smallest absolute Gasteiger partial charge is 0.357 e. The first-order chi connectivity index (χ1) is 7.17. The molecule has 7 heteroatoms. The highest BCUT2D eigenvalue weighted by Crippen LogP contribution is 2.10. The zero-order valence-corrected chi connectivity index (χ0v) is 8.97. The van der Waals surface area contributed by atoms with Crippen LogP contribution in [0.4, 0.5) is 0 Å². The largest absolute Gasteiger partial charge is 0.464 e. The van der Waals surface area contributed by atoms with Crippen molar-refractivity contribution in [3.63, 3.8) is 0 Å². The predicted molar refractivity (Wildman–Crippen MR) is 54.4 cm³/mol. The van der Waals surface area contributed by atoms with Crippen LogP contribution in [0.15, 0.2) is 5.38 Å². The Morgan fingerprint density at radius 2 is 2.40 bits per heavy atom. The molecule has 0 spiro atoms. The molecule has 0 aliphatic carbocycles. The van der Waals surface area contributed by atoms with Crippen LogP contribution in [-0.2, 0) is 16.1 Å². The number of nitrogens with one attached hydrogen (secondary N) is 1. The summed E-state index contributed by atoms with van der Waals surface area (Å²) in [7, 11) is 1.29. The number of ether oxygens (including phenoxy) is 1. The van der Waals surface area contributed by atoms with Gasteiger partial charge in [-0.25, -0.2) is 9.78 Å². The Morgan fingerprint density at radius 1 is 1.67 bits per heavy atom. The van der Waals surface area contributed by atoms with Crippen molar-refractivity contribution < 1.29 is 14.3 Å². The number of nitrogens with two attached hydrogens (primary N) is 1. The molecule has 82 valence electrons. The van der Waals surface area contributed by atoms with E-state index in [0.717, 1.165) is 0 Å². The summed E-state index contributed by atoms with van der Waals surface area (Å²) in [6.45, 7) is 0.215. The third-order valence-electron chi connectivity index (χ3n) is 1.57. The van der Waals surface area contributed by atoms with E-state index in [1.54, 1.807) is 5.38 Å². The summed E-state index contributed by atoms with van der Waals surface area (Å²) in [6, 6.07) is 0. The molecule has 0 aliphatic heterocycles. The van der Waals surface area contributed by atoms with Gasteiger partial charge >= 0.3 is 5.97 Å². The van der Waals surface area contributed by atoms with Crippen molar-refractivity contribution in [1.82, 2.24) is 10.3 Å². The number of methoxy groups -OCH3 is 1. The van der Waals surface area contributed by atoms with Crippen LogP contribution in [0.25, 0.3) is 0 Å². The maximum absolute atomic E-state index is 11.0. The van der Waals surface area contributed by atoms with Crippen molar-refractivity contribution in [2.24, 2.45) is 5.73 Å². The van der Waals surface area contributed by atoms with E-state index in [9.17, 15) is 9.59 Å². The average Bonchev–Trinajstić information content (AvgIpc) is 2.73. The van der Waals surface area contributed by atoms with Gasteiger partial charge in [0.15, 0.2) is 5.69 Å². The number of carbonyl (C=O) groups excluding carboxylic acids is 2. The Kier molecular flexibility index (Phi) is 4.19. The van der Waals surface area contributed by atoms with Crippen LogP contribution in [0.3, 0.4) is 0 Å². The van der Waals surface area contributed by atoms with Gasteiger partial charge in [0.25, 0.3) is 0 Å². The van der Waals surface area contributed by atoms with Crippen molar-refractivity contribution in [3.05, 3.63) is 16.1 Å². The lowest BCUT2D eigenvalue weighted by atomic mass is 10.5. The maximum Gasteiger partial charge on any atom is 0.357 e. The fraction of sp³-hybridized carbons (Fsp3) is 0.375. The number of nitrogens with zero attached hydrogens (tertiary/aromatic N) is 1. The summed E-state index contributed by atoms with van der Waals surface area (Å²) in [4.78, 5) is 25.8. The Balaban J connectivity index is 2.53. The summed E-state index contributed by atoms with van der Waals surface area (Å²) in [5, 5.41) is 4.77. The zero-order chi connectivity index (χ0) is 11.3. The molecule has 0 saturated heterocycles. The van der Waals surface area contributed by atoms with Crippen LogP contribution in [0.1, 0.15) is 15.5 Å². The van der Waals surface area contributed by atoms with E-state index in [1.807, 2.05) is 0 Å². The number of amides is 1. The monoisotopic (exact) mass is 229 g/mol. The van der Waals surface area contributed by atoms with Crippen molar-refractivity contribution in [1.29, 1.82) is 0 Å². The fourth-order valence-corrected chi connectivity index (χ4v) is 1.54. The molecule has 0 saturated carbocycles. The van der Waals surface area contributed by atoms with E-state index in [2.05, 4.69) is 15.0 Å². The van der Waals surface area contributed by atoms with E-state index in [1.165, 1.54) is 18.4 Å². The molecule has 6 nitrogen and oxygen atoms in total. The summed E-state index contributed by atoms with van der Waals surface area (Å²) >= 11 is 1.28. The SMILES string of the molecule is COC(=O)c1csc(CNC(=O)CN)n1. The van der Waals surface area contributed by atoms with Gasteiger partial charge in [-0.1, -0.05) is 0 Å². The second-order valence-electron chi connectivity index (χ2n) is 2.60. The number of esters is 1. The minimum absolute atomic E-state index is 0.0603. The van der Waals surface area contributed by atoms with Crippen molar-refractivity contribution in [2.75, 3.05) is 13.7 Å². The van der Waals surface area contributed by atoms with E-state index in [4.69, 9.17) is 5.73 Å². The second kappa shape index (κ2) is 5.42. The molecule has 1 aromatic rings. The molecule has 1 rings (SSSR count). The molecule has 1 amide bonds. The second-order valence-corrected chi connectivity index (χ2v) is 3.54. The third kappa shape index (κ3) is 3.30. The number of rotatable bonds is 4. The van der Waals surface area contributed by atoms with E-state index in [0.29, 0.717) is 5.01 Å². The molecule has 1 heterocycles. The Bertz CT molecular complexity index is 364. The number of hydrogen-bond acceptors (Lipinski definition) is 6. The minimum Gasteiger partial charge on any atom is -0.464 e. The Hall–Kier alpha value is -1.47. The van der Waals surface area contributed by atoms with E-state index < -0.39 is 5.97 Å². The molecular weight excluding hydrogens is 218 g/mol. The molecule has 0 fully saturated rings. The Labute approximate surface area is 90.4 Å². The summed E-state index contributed by atoms with van der Waals surface area (Å²) in [5.74, 6) is -0.743. The van der Waals surface area contributed by atoms with Crippen LogP contribution >= 0.6 is 11.3 Å². The van der Waals surface area contributed by atoms with Gasteiger partial charge in [0.2, 0.25) is 5.91 Å². The number of carbonyl (C=O) groups is 2. The summed E-state index contributed by atoms with van der Waals surface area (Å²) in [6.07, 6.45) is 0. The fourth-order valence-electron chi connectivity index (χ4n) is 0.837. The lowest BCUT2D eigenvalue weighted by Crippen LogP contribution is -2.29. The molecule has 1 aromatic heterocycles. The molecular formula is C8H11N3O3S. The minimum atomic E-state index is -0.484. The standard InChI is InChI=1S/C8H11N3O3S/c1-14-8(13)5-4-15-7(11-5)3-10-6(12)2-9/h4H,2-3,9H2,1H3,(H,10,12). The predicted octanol–water partition coefficient (Wildman–Crippen LogP) is -0.495. The molecule has 0 aliphatic rings. The first kappa shape index (κ1) is 11.6. The molecule has 0 radical (unpaired) electrons. The van der Waals surface area contributed by atoms with Gasteiger partial charge in [0.05, 0.1) is 20.2 Å². The molecule has 0 aromatic carbocycles. The quantitative estimate of drug-likeness (QED) is 0.679. The van der Waals surface area contributed by atoms with Crippen LogP contribution in [-0.4, -0.2) is 30.5 Å². The zero-order valence-electron chi connectivity index (χ0n) is 8.15. The highest BCUT2D eigenvalue weighted by Gasteiger charge is 2.10. The van der Waals surface area contributed by atoms with Gasteiger partial charge in [0, 0.05) is 5.38 Å². The lowest BCUT2D eigenvalue weighted by Gasteiger charge is -1.98. The first-order valence-electron chi connectivity index (χ1n) is 4.17. The van der Waals surface area contributed by atoms with Crippen molar-refractivity contribution >= 4 is 23.2 Å². The highest BCUT2D eigenvalue weighted by molar-refractivity contribution is 7.09. The lowest BCUT2D eigenvalue weighted by molar-refractivity contribution is -0.119. The van der Waals surface area contributed by atoms with Gasteiger partial charge in [-0.05, 0) is 0 Å². The normalized spacial score (nSPS) is 9.73. The molecule has 0 atom stereocenters. The number of thiazole rings is 1. The highest BCUT2D eigenvalue weighted by atomic mass is 32.1. The molecule has 3 N–H and O–H groups in total. The molecule has 0 unspecified atom stereocenters. The van der Waals surface area contributed by atoms with Gasteiger partial charge in [-0.2, -0.15) is 0 Å². The van der Waals surface area contributed by atoms with E-state index >= 15 is 0 Å². The van der Waals surface area contributed by atoms with Crippen LogP contribution in [0.5, 0.6) is 0 Å². The number of aromatic nitrogens is 1. The van der Waals surface area contributed by atoms with E-state index in [-0.39, 0.29) is 24.7 Å².